The molecule has 2 heterocycles. The molecule has 62 heavy (non-hydrogen) atoms. The molecular weight excluding hydrogens is 789 g/mol. The van der Waals surface area contributed by atoms with Crippen LogP contribution in [0.5, 0.6) is 0 Å². The zero-order chi connectivity index (χ0) is 44.6. The number of benzene rings is 2. The Hall–Kier alpha value is -4.35. The van der Waals surface area contributed by atoms with Crippen molar-refractivity contribution in [2.24, 2.45) is 28.7 Å². The number of amides is 5. The molecule has 7 rings (SSSR count). The molecule has 5 fully saturated rings. The van der Waals surface area contributed by atoms with Crippen LogP contribution in [0.3, 0.4) is 0 Å². The van der Waals surface area contributed by atoms with Crippen molar-refractivity contribution in [2.45, 2.75) is 147 Å². The van der Waals surface area contributed by atoms with E-state index >= 15 is 0 Å². The SMILES string of the molecule is CCCCc1ccc(-c2ccc(C(=O)N[C@@H](CCCCN)C(=O)N[C@H]3COCCCC[C@@H](C(=O)N[C@@H](N)B4OC5C[C@@H]6C[C@@H](C6(C)C)[C@]5(C)O4)NC(=O)[C@H](C)NC3=O)cc2)cc1. The zero-order valence-corrected chi connectivity index (χ0v) is 37.1. The molecule has 5 aliphatic rings. The van der Waals surface area contributed by atoms with E-state index in [-0.39, 0.29) is 37.6 Å². The van der Waals surface area contributed by atoms with Crippen molar-refractivity contribution in [3.8, 4) is 11.1 Å². The van der Waals surface area contributed by atoms with Gasteiger partial charge in [0.15, 0.2) is 0 Å². The van der Waals surface area contributed by atoms with E-state index in [1.54, 1.807) is 12.1 Å². The van der Waals surface area contributed by atoms with Gasteiger partial charge in [-0.3, -0.25) is 24.0 Å². The van der Waals surface area contributed by atoms with Crippen molar-refractivity contribution in [3.63, 3.8) is 0 Å². The Morgan fingerprint density at radius 1 is 0.919 bits per heavy atom. The minimum atomic E-state index is -1.18. The number of hydrogen-bond donors (Lipinski definition) is 7. The van der Waals surface area contributed by atoms with Crippen molar-refractivity contribution >= 4 is 36.7 Å². The monoisotopic (exact) mass is 858 g/mol. The minimum absolute atomic E-state index is 0.108. The molecule has 9 N–H and O–H groups in total. The zero-order valence-electron chi connectivity index (χ0n) is 37.1. The lowest BCUT2D eigenvalue weighted by molar-refractivity contribution is -0.199. The number of ether oxygens (including phenoxy) is 1. The van der Waals surface area contributed by atoms with Gasteiger partial charge in [0.2, 0.25) is 23.6 Å². The van der Waals surface area contributed by atoms with Gasteiger partial charge in [0.05, 0.1) is 18.3 Å². The molecule has 2 aliphatic heterocycles. The number of aryl methyl sites for hydroxylation is 1. The first-order valence-electron chi connectivity index (χ1n) is 22.7. The van der Waals surface area contributed by atoms with E-state index in [0.29, 0.717) is 49.6 Å². The number of nitrogens with one attached hydrogen (secondary N) is 5. The second-order valence-electron chi connectivity index (χ2n) is 18.5. The predicted molar refractivity (Wildman–Crippen MR) is 237 cm³/mol. The average molecular weight is 858 g/mol. The largest absolute Gasteiger partial charge is 0.497 e. The predicted octanol–water partition coefficient (Wildman–Crippen LogP) is 3.27. The van der Waals surface area contributed by atoms with Crippen LogP contribution in [-0.2, 0) is 39.6 Å². The number of carbonyl (C=O) groups is 5. The minimum Gasteiger partial charge on any atom is -0.403 e. The van der Waals surface area contributed by atoms with Crippen molar-refractivity contribution in [3.05, 3.63) is 59.7 Å². The molecule has 16 heteroatoms. The van der Waals surface area contributed by atoms with Crippen LogP contribution in [0.1, 0.15) is 115 Å². The Morgan fingerprint density at radius 3 is 2.31 bits per heavy atom. The summed E-state index contributed by atoms with van der Waals surface area (Å²) in [4.78, 5) is 68.0. The molecule has 1 unspecified atom stereocenters. The highest BCUT2D eigenvalue weighted by atomic mass is 16.7. The maximum absolute atomic E-state index is 13.8. The highest BCUT2D eigenvalue weighted by Crippen LogP contribution is 2.65. The lowest BCUT2D eigenvalue weighted by atomic mass is 9.43. The third kappa shape index (κ3) is 11.1. The Balaban J connectivity index is 1.04. The van der Waals surface area contributed by atoms with Gasteiger partial charge >= 0.3 is 7.12 Å². The topological polar surface area (TPSA) is 225 Å². The number of nitrogens with two attached hydrogens (primary N) is 2. The van der Waals surface area contributed by atoms with E-state index in [0.717, 1.165) is 43.2 Å². The van der Waals surface area contributed by atoms with Crippen molar-refractivity contribution in [1.82, 2.24) is 26.6 Å². The summed E-state index contributed by atoms with van der Waals surface area (Å²) in [5.41, 5.74) is 15.5. The first-order chi connectivity index (χ1) is 29.6. The van der Waals surface area contributed by atoms with Gasteiger partial charge in [-0.1, -0.05) is 63.6 Å². The number of carbonyl (C=O) groups excluding carboxylic acids is 5. The van der Waals surface area contributed by atoms with Gasteiger partial charge in [-0.25, -0.2) is 0 Å². The van der Waals surface area contributed by atoms with Gasteiger partial charge in [0.25, 0.3) is 5.91 Å². The van der Waals surface area contributed by atoms with Crippen molar-refractivity contribution in [2.75, 3.05) is 19.8 Å². The highest BCUT2D eigenvalue weighted by molar-refractivity contribution is 6.47. The average Bonchev–Trinajstić information content (AvgIpc) is 3.63. The summed E-state index contributed by atoms with van der Waals surface area (Å²) in [5.74, 6) is -1.86. The Kier molecular flexibility index (Phi) is 15.9. The third-order valence-corrected chi connectivity index (χ3v) is 13.7. The third-order valence-electron chi connectivity index (χ3n) is 13.7. The molecule has 0 aromatic heterocycles. The second kappa shape index (κ2) is 20.9. The van der Waals surface area contributed by atoms with Gasteiger partial charge < -0.3 is 52.1 Å². The standard InChI is InChI=1S/C46H68BN7O8/c1-6-7-12-29-15-17-30(18-16-29)31-19-21-32(22-20-31)40(56)52-34(13-8-10-23-48)41(57)53-36-27-60-24-11-9-14-35(51-39(55)28(2)50-43(36)59)42(58)54-44(49)47-61-38-26-33-25-37(45(33,3)4)46(38,5)62-47/h15-22,28,33-38,44H,6-14,23-27,48-49H2,1-5H3,(H,50,59)(H,51,55)(H,52,56)(H,53,57)(H,54,58)/t28-,33-,34-,35-,36-,37-,38?,44+,46-/m0/s1. The lowest BCUT2D eigenvalue weighted by Gasteiger charge is -2.64. The first kappa shape index (κ1) is 47.1. The van der Waals surface area contributed by atoms with Crippen LogP contribution < -0.4 is 38.1 Å². The van der Waals surface area contributed by atoms with E-state index < -0.39 is 72.5 Å². The summed E-state index contributed by atoms with van der Waals surface area (Å²) in [5, 5.41) is 13.8. The lowest BCUT2D eigenvalue weighted by Crippen LogP contribution is -2.65. The number of unbranched alkanes of at least 4 members (excludes halogenated alkanes) is 2. The Bertz CT molecular complexity index is 1880. The van der Waals surface area contributed by atoms with Crippen molar-refractivity contribution < 1.29 is 38.0 Å². The first-order valence-corrected chi connectivity index (χ1v) is 22.7. The summed E-state index contributed by atoms with van der Waals surface area (Å²) < 4.78 is 18.6. The summed E-state index contributed by atoms with van der Waals surface area (Å²) in [6, 6.07) is 10.5. The normalized spacial score (nSPS) is 28.3. The molecule has 15 nitrogen and oxygen atoms in total. The molecule has 338 valence electrons. The fourth-order valence-corrected chi connectivity index (χ4v) is 9.60. The quantitative estimate of drug-likeness (QED) is 0.0787. The summed E-state index contributed by atoms with van der Waals surface area (Å²) in [7, 11) is -0.836. The second-order valence-corrected chi connectivity index (χ2v) is 18.5. The molecule has 2 saturated heterocycles. The molecule has 3 saturated carbocycles. The van der Waals surface area contributed by atoms with E-state index in [1.807, 2.05) is 12.1 Å². The van der Waals surface area contributed by atoms with Crippen LogP contribution in [0.25, 0.3) is 11.1 Å². The van der Waals surface area contributed by atoms with Gasteiger partial charge in [-0.05, 0) is 131 Å². The molecule has 5 amide bonds. The summed E-state index contributed by atoms with van der Waals surface area (Å²) in [6.07, 6.45) is 7.97. The van der Waals surface area contributed by atoms with E-state index in [2.05, 4.69) is 78.5 Å². The van der Waals surface area contributed by atoms with Crippen LogP contribution in [0.4, 0.5) is 0 Å². The van der Waals surface area contributed by atoms with E-state index in [4.69, 9.17) is 25.5 Å². The van der Waals surface area contributed by atoms with Crippen molar-refractivity contribution in [1.29, 1.82) is 0 Å². The van der Waals surface area contributed by atoms with Crippen LogP contribution in [0, 0.1) is 17.3 Å². The number of rotatable bonds is 15. The molecule has 2 bridgehead atoms. The summed E-state index contributed by atoms with van der Waals surface area (Å²) >= 11 is 0. The van der Waals surface area contributed by atoms with Crippen LogP contribution in [-0.4, -0.2) is 98.4 Å². The smallest absolute Gasteiger partial charge is 0.403 e. The fraction of sp³-hybridized carbons (Fsp3) is 0.630. The molecular formula is C46H68BN7O8. The van der Waals surface area contributed by atoms with E-state index in [1.165, 1.54) is 12.5 Å². The molecule has 9 atom stereocenters. The maximum Gasteiger partial charge on any atom is 0.497 e. The van der Waals surface area contributed by atoms with Crippen LogP contribution in [0.15, 0.2) is 48.5 Å². The maximum atomic E-state index is 13.8. The highest BCUT2D eigenvalue weighted by Gasteiger charge is 2.68. The van der Waals surface area contributed by atoms with Crippen LogP contribution >= 0.6 is 0 Å². The molecule has 0 radical (unpaired) electrons. The van der Waals surface area contributed by atoms with Gasteiger partial charge in [0, 0.05) is 12.2 Å². The number of hydrogen-bond acceptors (Lipinski definition) is 10. The Morgan fingerprint density at radius 2 is 1.63 bits per heavy atom. The van der Waals surface area contributed by atoms with Gasteiger partial charge in [-0.2, -0.15) is 0 Å². The molecule has 3 aliphatic carbocycles. The summed E-state index contributed by atoms with van der Waals surface area (Å²) in [6.45, 7) is 10.8. The molecule has 0 spiro atoms. The molecule has 2 aromatic rings. The molecule has 2 aromatic carbocycles. The van der Waals surface area contributed by atoms with Crippen LogP contribution in [0.2, 0.25) is 0 Å². The Labute approximate surface area is 366 Å². The fourth-order valence-electron chi connectivity index (χ4n) is 9.60. The van der Waals surface area contributed by atoms with Gasteiger partial charge in [0.1, 0.15) is 30.2 Å². The van der Waals surface area contributed by atoms with E-state index in [9.17, 15) is 24.0 Å². The van der Waals surface area contributed by atoms with Gasteiger partial charge in [-0.15, -0.1) is 0 Å².